The van der Waals surface area contributed by atoms with E-state index in [1.807, 2.05) is 0 Å². The van der Waals surface area contributed by atoms with Crippen molar-refractivity contribution in [3.8, 4) is 0 Å². The lowest BCUT2D eigenvalue weighted by Gasteiger charge is -2.07. The van der Waals surface area contributed by atoms with Crippen LogP contribution in [0.25, 0.3) is 0 Å². The Kier molecular flexibility index (Phi) is 3.20. The minimum Gasteiger partial charge on any atom is -0.286 e. The molecular formula is C14H19N. The van der Waals surface area contributed by atoms with Crippen LogP contribution in [0, 0.1) is 5.92 Å². The van der Waals surface area contributed by atoms with Gasteiger partial charge in [0, 0.05) is 5.71 Å². The summed E-state index contributed by atoms with van der Waals surface area (Å²) in [7, 11) is 0. The monoisotopic (exact) mass is 201 g/mol. The van der Waals surface area contributed by atoms with Gasteiger partial charge in [0.1, 0.15) is 0 Å². The maximum atomic E-state index is 4.85. The molecule has 2 atom stereocenters. The van der Waals surface area contributed by atoms with Gasteiger partial charge in [-0.15, -0.1) is 0 Å². The Morgan fingerprint density at radius 1 is 1.33 bits per heavy atom. The number of aliphatic imine (C=N–C) groups is 1. The highest BCUT2D eigenvalue weighted by atomic mass is 14.8. The minimum atomic E-state index is 0.426. The molecule has 0 aliphatic carbocycles. The largest absolute Gasteiger partial charge is 0.286 e. The fourth-order valence-corrected chi connectivity index (χ4v) is 2.14. The van der Waals surface area contributed by atoms with Crippen molar-refractivity contribution in [2.45, 2.75) is 39.2 Å². The SMILES string of the molecule is CCC(C)C1=NC(c2ccccc2)CC1. The predicted octanol–water partition coefficient (Wildman–Crippen LogP) is 4.01. The average molecular weight is 201 g/mol. The first-order chi connectivity index (χ1) is 7.31. The van der Waals surface area contributed by atoms with Crippen LogP contribution >= 0.6 is 0 Å². The first kappa shape index (κ1) is 10.4. The number of benzene rings is 1. The van der Waals surface area contributed by atoms with E-state index < -0.39 is 0 Å². The Balaban J connectivity index is 2.12. The van der Waals surface area contributed by atoms with Crippen LogP contribution < -0.4 is 0 Å². The van der Waals surface area contributed by atoms with Crippen molar-refractivity contribution >= 4 is 5.71 Å². The first-order valence-electron chi connectivity index (χ1n) is 5.92. The van der Waals surface area contributed by atoms with Gasteiger partial charge in [0.15, 0.2) is 0 Å². The molecule has 1 heteroatoms. The zero-order valence-electron chi connectivity index (χ0n) is 9.61. The van der Waals surface area contributed by atoms with Gasteiger partial charge in [-0.1, -0.05) is 44.2 Å². The number of rotatable bonds is 3. The summed E-state index contributed by atoms with van der Waals surface area (Å²) in [5.74, 6) is 0.665. The Labute approximate surface area is 92.2 Å². The van der Waals surface area contributed by atoms with Crippen LogP contribution in [0.2, 0.25) is 0 Å². The molecule has 0 fully saturated rings. The van der Waals surface area contributed by atoms with Gasteiger partial charge in [-0.3, -0.25) is 4.99 Å². The van der Waals surface area contributed by atoms with Crippen LogP contribution in [-0.2, 0) is 0 Å². The lowest BCUT2D eigenvalue weighted by Crippen LogP contribution is -2.05. The van der Waals surface area contributed by atoms with Gasteiger partial charge in [0.2, 0.25) is 0 Å². The molecule has 1 aliphatic rings. The van der Waals surface area contributed by atoms with Gasteiger partial charge in [-0.05, 0) is 30.7 Å². The predicted molar refractivity (Wildman–Crippen MR) is 65.3 cm³/mol. The number of hydrogen-bond acceptors (Lipinski definition) is 1. The van der Waals surface area contributed by atoms with Crippen molar-refractivity contribution in [2.75, 3.05) is 0 Å². The van der Waals surface area contributed by atoms with E-state index in [9.17, 15) is 0 Å². The van der Waals surface area contributed by atoms with Crippen LogP contribution in [0.15, 0.2) is 35.3 Å². The van der Waals surface area contributed by atoms with Crippen molar-refractivity contribution in [2.24, 2.45) is 10.9 Å². The van der Waals surface area contributed by atoms with Gasteiger partial charge < -0.3 is 0 Å². The molecule has 0 aromatic heterocycles. The van der Waals surface area contributed by atoms with Gasteiger partial charge in [0.25, 0.3) is 0 Å². The summed E-state index contributed by atoms with van der Waals surface area (Å²) in [6.07, 6.45) is 3.60. The molecule has 2 rings (SSSR count). The minimum absolute atomic E-state index is 0.426. The summed E-state index contributed by atoms with van der Waals surface area (Å²) in [6.45, 7) is 4.52. The molecule has 0 N–H and O–H groups in total. The van der Waals surface area contributed by atoms with Crippen molar-refractivity contribution in [1.29, 1.82) is 0 Å². The summed E-state index contributed by atoms with van der Waals surface area (Å²) in [5, 5.41) is 0. The summed E-state index contributed by atoms with van der Waals surface area (Å²) in [5.41, 5.74) is 2.79. The van der Waals surface area contributed by atoms with Crippen LogP contribution in [0.4, 0.5) is 0 Å². The van der Waals surface area contributed by atoms with E-state index in [4.69, 9.17) is 4.99 Å². The zero-order valence-corrected chi connectivity index (χ0v) is 9.61. The average Bonchev–Trinajstić information content (AvgIpc) is 2.78. The normalized spacial score (nSPS) is 22.5. The summed E-state index contributed by atoms with van der Waals surface area (Å²) in [6, 6.07) is 11.1. The molecule has 0 spiro atoms. The molecule has 0 amide bonds. The molecule has 0 saturated heterocycles. The molecular weight excluding hydrogens is 182 g/mol. The van der Waals surface area contributed by atoms with Crippen molar-refractivity contribution < 1.29 is 0 Å². The molecule has 15 heavy (non-hydrogen) atoms. The molecule has 1 aromatic carbocycles. The highest BCUT2D eigenvalue weighted by Crippen LogP contribution is 2.31. The molecule has 1 nitrogen and oxygen atoms in total. The Bertz CT molecular complexity index is 340. The molecule has 1 aliphatic heterocycles. The standard InChI is InChI=1S/C14H19N/c1-3-11(2)13-9-10-14(15-13)12-7-5-4-6-8-12/h4-8,11,14H,3,9-10H2,1-2H3. The van der Waals surface area contributed by atoms with Crippen LogP contribution in [0.5, 0.6) is 0 Å². The zero-order chi connectivity index (χ0) is 10.7. The maximum absolute atomic E-state index is 4.85. The highest BCUT2D eigenvalue weighted by molar-refractivity contribution is 5.88. The molecule has 1 aromatic rings. The van der Waals surface area contributed by atoms with Crippen LogP contribution in [0.3, 0.4) is 0 Å². The third-order valence-corrected chi connectivity index (χ3v) is 3.36. The van der Waals surface area contributed by atoms with Crippen LogP contribution in [-0.4, -0.2) is 5.71 Å². The number of nitrogens with zero attached hydrogens (tertiary/aromatic N) is 1. The Hall–Kier alpha value is -1.11. The van der Waals surface area contributed by atoms with E-state index in [0.717, 1.165) is 0 Å². The second-order valence-corrected chi connectivity index (χ2v) is 4.39. The van der Waals surface area contributed by atoms with E-state index in [2.05, 4.69) is 44.2 Å². The Morgan fingerprint density at radius 2 is 2.07 bits per heavy atom. The van der Waals surface area contributed by atoms with Crippen molar-refractivity contribution in [3.63, 3.8) is 0 Å². The quantitative estimate of drug-likeness (QED) is 0.700. The number of hydrogen-bond donors (Lipinski definition) is 0. The highest BCUT2D eigenvalue weighted by Gasteiger charge is 2.21. The first-order valence-corrected chi connectivity index (χ1v) is 5.92. The van der Waals surface area contributed by atoms with Gasteiger partial charge >= 0.3 is 0 Å². The summed E-state index contributed by atoms with van der Waals surface area (Å²) >= 11 is 0. The molecule has 80 valence electrons. The lowest BCUT2D eigenvalue weighted by molar-refractivity contribution is 0.720. The fourth-order valence-electron chi connectivity index (χ4n) is 2.14. The summed E-state index contributed by atoms with van der Waals surface area (Å²) in [4.78, 5) is 4.85. The third-order valence-electron chi connectivity index (χ3n) is 3.36. The molecule has 0 radical (unpaired) electrons. The summed E-state index contributed by atoms with van der Waals surface area (Å²) < 4.78 is 0. The van der Waals surface area contributed by atoms with Gasteiger partial charge in [-0.2, -0.15) is 0 Å². The van der Waals surface area contributed by atoms with E-state index in [0.29, 0.717) is 12.0 Å². The van der Waals surface area contributed by atoms with E-state index >= 15 is 0 Å². The Morgan fingerprint density at radius 3 is 2.73 bits per heavy atom. The van der Waals surface area contributed by atoms with E-state index in [1.165, 1.54) is 30.5 Å². The third kappa shape index (κ3) is 2.28. The molecule has 2 unspecified atom stereocenters. The fraction of sp³-hybridized carbons (Fsp3) is 0.500. The molecule has 1 heterocycles. The lowest BCUT2D eigenvalue weighted by atomic mass is 9.99. The molecule has 0 bridgehead atoms. The van der Waals surface area contributed by atoms with E-state index in [1.54, 1.807) is 0 Å². The second-order valence-electron chi connectivity index (χ2n) is 4.39. The second kappa shape index (κ2) is 4.61. The maximum Gasteiger partial charge on any atom is 0.0752 e. The van der Waals surface area contributed by atoms with Crippen molar-refractivity contribution in [3.05, 3.63) is 35.9 Å². The van der Waals surface area contributed by atoms with Crippen molar-refractivity contribution in [1.82, 2.24) is 0 Å². The molecule has 0 saturated carbocycles. The van der Waals surface area contributed by atoms with Crippen LogP contribution in [0.1, 0.15) is 44.7 Å². The van der Waals surface area contributed by atoms with E-state index in [-0.39, 0.29) is 0 Å². The topological polar surface area (TPSA) is 12.4 Å². The smallest absolute Gasteiger partial charge is 0.0752 e. The van der Waals surface area contributed by atoms with Gasteiger partial charge in [-0.25, -0.2) is 0 Å². The van der Waals surface area contributed by atoms with Gasteiger partial charge in [0.05, 0.1) is 6.04 Å².